The lowest BCUT2D eigenvalue weighted by Gasteiger charge is -2.11. The fourth-order valence-corrected chi connectivity index (χ4v) is 2.37. The number of aryl methyl sites for hydroxylation is 1. The first-order chi connectivity index (χ1) is 11.0. The minimum absolute atomic E-state index is 0.0935. The fraction of sp³-hybridized carbons (Fsp3) is 0.222. The van der Waals surface area contributed by atoms with E-state index in [1.165, 1.54) is 18.2 Å². The molecule has 3 N–H and O–H groups in total. The van der Waals surface area contributed by atoms with Crippen molar-refractivity contribution in [3.05, 3.63) is 58.7 Å². The molecule has 0 bridgehead atoms. The summed E-state index contributed by atoms with van der Waals surface area (Å²) in [5, 5.41) is 29.1. The number of rotatable bonds is 6. The molecular weight excluding hydrogens is 296 g/mol. The molecule has 0 heterocycles. The average Bonchev–Trinajstić information content (AvgIpc) is 2.53. The highest BCUT2D eigenvalue weighted by Gasteiger charge is 2.20. The molecule has 23 heavy (non-hydrogen) atoms. The zero-order valence-corrected chi connectivity index (χ0v) is 12.7. The van der Waals surface area contributed by atoms with Gasteiger partial charge in [-0.25, -0.2) is 4.79 Å². The van der Waals surface area contributed by atoms with Crippen LogP contribution in [0.1, 0.15) is 51.6 Å². The van der Waals surface area contributed by atoms with Crippen LogP contribution in [0.2, 0.25) is 0 Å². The Labute approximate surface area is 133 Å². The number of carbonyl (C=O) groups excluding carboxylic acids is 1. The molecule has 0 aliphatic carbocycles. The Morgan fingerprint density at radius 2 is 1.74 bits per heavy atom. The Balaban J connectivity index is 2.53. The van der Waals surface area contributed by atoms with Gasteiger partial charge in [0.2, 0.25) is 0 Å². The molecule has 0 amide bonds. The first-order valence-corrected chi connectivity index (χ1v) is 7.37. The van der Waals surface area contributed by atoms with Gasteiger partial charge in [0.15, 0.2) is 5.78 Å². The molecule has 0 aliphatic heterocycles. The third-order valence-electron chi connectivity index (χ3n) is 3.63. The van der Waals surface area contributed by atoms with E-state index in [0.717, 1.165) is 18.9 Å². The van der Waals surface area contributed by atoms with Crippen molar-refractivity contribution < 1.29 is 24.9 Å². The topological polar surface area (TPSA) is 94.8 Å². The second-order valence-corrected chi connectivity index (χ2v) is 5.29. The van der Waals surface area contributed by atoms with Crippen molar-refractivity contribution in [2.45, 2.75) is 26.2 Å². The molecule has 5 heteroatoms. The van der Waals surface area contributed by atoms with Gasteiger partial charge in [0.25, 0.3) is 0 Å². The fourth-order valence-electron chi connectivity index (χ4n) is 2.37. The van der Waals surface area contributed by atoms with Crippen molar-refractivity contribution in [1.82, 2.24) is 0 Å². The van der Waals surface area contributed by atoms with Crippen LogP contribution in [0.15, 0.2) is 36.4 Å². The van der Waals surface area contributed by atoms with Gasteiger partial charge in [-0.2, -0.15) is 0 Å². The van der Waals surface area contributed by atoms with Gasteiger partial charge in [0, 0.05) is 5.56 Å². The van der Waals surface area contributed by atoms with Crippen molar-refractivity contribution >= 4 is 11.8 Å². The van der Waals surface area contributed by atoms with Crippen LogP contribution in [0.4, 0.5) is 0 Å². The standard InChI is InChI=1S/C18H18O5/c1-2-3-6-11-9-12(10-14(16(11)20)18(22)23)17(21)13-7-4-5-8-15(13)19/h4-5,7-10,19-20H,2-3,6H2,1H3,(H,22,23). The summed E-state index contributed by atoms with van der Waals surface area (Å²) in [6.07, 6.45) is 2.12. The number of aromatic carboxylic acids is 1. The van der Waals surface area contributed by atoms with Crippen molar-refractivity contribution in [3.63, 3.8) is 0 Å². The van der Waals surface area contributed by atoms with Crippen LogP contribution in [0.25, 0.3) is 0 Å². The van der Waals surface area contributed by atoms with E-state index in [9.17, 15) is 24.9 Å². The molecule has 2 aromatic rings. The summed E-state index contributed by atoms with van der Waals surface area (Å²) in [5.41, 5.74) is 0.340. The summed E-state index contributed by atoms with van der Waals surface area (Å²) < 4.78 is 0. The molecule has 0 atom stereocenters. The smallest absolute Gasteiger partial charge is 0.339 e. The van der Waals surface area contributed by atoms with Gasteiger partial charge in [-0.1, -0.05) is 25.5 Å². The molecule has 0 spiro atoms. The number of ketones is 1. The van der Waals surface area contributed by atoms with Crippen LogP contribution in [0.5, 0.6) is 11.5 Å². The number of phenolic OH excluding ortho intramolecular Hbond substituents is 1. The van der Waals surface area contributed by atoms with Crippen LogP contribution in [-0.4, -0.2) is 27.1 Å². The molecule has 0 fully saturated rings. The molecule has 2 rings (SSSR count). The normalized spacial score (nSPS) is 10.5. The molecule has 0 radical (unpaired) electrons. The molecule has 2 aromatic carbocycles. The van der Waals surface area contributed by atoms with Crippen molar-refractivity contribution in [2.75, 3.05) is 0 Å². The van der Waals surface area contributed by atoms with E-state index in [1.54, 1.807) is 12.1 Å². The van der Waals surface area contributed by atoms with E-state index >= 15 is 0 Å². The Bertz CT molecular complexity index is 749. The summed E-state index contributed by atoms with van der Waals surface area (Å²) in [4.78, 5) is 23.9. The highest BCUT2D eigenvalue weighted by Crippen LogP contribution is 2.29. The van der Waals surface area contributed by atoms with E-state index in [4.69, 9.17) is 0 Å². The number of hydrogen-bond acceptors (Lipinski definition) is 4. The summed E-state index contributed by atoms with van der Waals surface area (Å²) in [6, 6.07) is 8.70. The third kappa shape index (κ3) is 3.51. The summed E-state index contributed by atoms with van der Waals surface area (Å²) in [6.45, 7) is 1.98. The molecule has 0 unspecified atom stereocenters. The summed E-state index contributed by atoms with van der Waals surface area (Å²) in [7, 11) is 0. The van der Waals surface area contributed by atoms with E-state index in [-0.39, 0.29) is 28.2 Å². The molecular formula is C18H18O5. The Morgan fingerprint density at radius 1 is 1.04 bits per heavy atom. The lowest BCUT2D eigenvalue weighted by Crippen LogP contribution is -2.07. The van der Waals surface area contributed by atoms with Crippen LogP contribution >= 0.6 is 0 Å². The van der Waals surface area contributed by atoms with E-state index in [2.05, 4.69) is 0 Å². The monoisotopic (exact) mass is 314 g/mol. The van der Waals surface area contributed by atoms with Gasteiger partial charge < -0.3 is 15.3 Å². The highest BCUT2D eigenvalue weighted by atomic mass is 16.4. The van der Waals surface area contributed by atoms with E-state index in [1.807, 2.05) is 6.92 Å². The zero-order valence-electron chi connectivity index (χ0n) is 12.7. The molecule has 0 aliphatic rings. The number of aromatic hydroxyl groups is 2. The Hall–Kier alpha value is -2.82. The van der Waals surface area contributed by atoms with Crippen LogP contribution < -0.4 is 0 Å². The summed E-state index contributed by atoms with van der Waals surface area (Å²) in [5.74, 6) is -2.26. The highest BCUT2D eigenvalue weighted by molar-refractivity contribution is 6.12. The second kappa shape index (κ2) is 6.96. The Kier molecular flexibility index (Phi) is 5.01. The van der Waals surface area contributed by atoms with E-state index < -0.39 is 11.8 Å². The second-order valence-electron chi connectivity index (χ2n) is 5.29. The average molecular weight is 314 g/mol. The van der Waals surface area contributed by atoms with Crippen LogP contribution in [0, 0.1) is 0 Å². The minimum Gasteiger partial charge on any atom is -0.507 e. The van der Waals surface area contributed by atoms with E-state index in [0.29, 0.717) is 12.0 Å². The molecule has 0 aromatic heterocycles. The predicted octanol–water partition coefficient (Wildman–Crippen LogP) is 3.37. The first-order valence-electron chi connectivity index (χ1n) is 7.37. The lowest BCUT2D eigenvalue weighted by atomic mass is 9.95. The van der Waals surface area contributed by atoms with Crippen molar-refractivity contribution in [1.29, 1.82) is 0 Å². The predicted molar refractivity (Wildman–Crippen MR) is 85.2 cm³/mol. The molecule has 0 saturated carbocycles. The number of unbranched alkanes of at least 4 members (excludes halogenated alkanes) is 1. The summed E-state index contributed by atoms with van der Waals surface area (Å²) >= 11 is 0. The third-order valence-corrected chi connectivity index (χ3v) is 3.63. The maximum atomic E-state index is 12.5. The lowest BCUT2D eigenvalue weighted by molar-refractivity contribution is 0.0693. The van der Waals surface area contributed by atoms with Crippen LogP contribution in [-0.2, 0) is 6.42 Å². The van der Waals surface area contributed by atoms with Crippen molar-refractivity contribution in [2.24, 2.45) is 0 Å². The molecule has 5 nitrogen and oxygen atoms in total. The Morgan fingerprint density at radius 3 is 2.35 bits per heavy atom. The number of para-hydroxylation sites is 1. The van der Waals surface area contributed by atoms with Crippen LogP contribution in [0.3, 0.4) is 0 Å². The first kappa shape index (κ1) is 16.5. The van der Waals surface area contributed by atoms with Gasteiger partial charge in [0.1, 0.15) is 17.1 Å². The van der Waals surface area contributed by atoms with Gasteiger partial charge in [-0.3, -0.25) is 4.79 Å². The van der Waals surface area contributed by atoms with Gasteiger partial charge >= 0.3 is 5.97 Å². The SMILES string of the molecule is CCCCc1cc(C(=O)c2ccccc2O)cc(C(=O)O)c1O. The van der Waals surface area contributed by atoms with Gasteiger partial charge in [-0.15, -0.1) is 0 Å². The number of carboxylic acids is 1. The quantitative estimate of drug-likeness (QED) is 0.711. The largest absolute Gasteiger partial charge is 0.507 e. The molecule has 120 valence electrons. The number of benzene rings is 2. The van der Waals surface area contributed by atoms with Gasteiger partial charge in [-0.05, 0) is 42.7 Å². The maximum Gasteiger partial charge on any atom is 0.339 e. The van der Waals surface area contributed by atoms with Crippen molar-refractivity contribution in [3.8, 4) is 11.5 Å². The number of phenols is 2. The van der Waals surface area contributed by atoms with Gasteiger partial charge in [0.05, 0.1) is 5.56 Å². The number of carboxylic acid groups (broad SMARTS) is 1. The molecule has 0 saturated heterocycles. The number of carbonyl (C=O) groups is 2. The number of hydrogen-bond donors (Lipinski definition) is 3. The minimum atomic E-state index is -1.30. The maximum absolute atomic E-state index is 12.5. The zero-order chi connectivity index (χ0) is 17.0.